The average Bonchev–Trinajstić information content (AvgIpc) is 1.70. The largest absolute Gasteiger partial charge is 1.00 e. The fourth-order valence-electron chi connectivity index (χ4n) is 0. The van der Waals surface area contributed by atoms with Gasteiger partial charge in [0.2, 0.25) is 0 Å². The zero-order valence-corrected chi connectivity index (χ0v) is 12.8. The SMILES string of the molecule is O=N[O-].O=N[O-].O=N[O-].[Na+].[Na+].[Na+]. The average molecular weight is 207 g/mol. The number of nitrogens with zero attached hydrogens (tertiary/aromatic N) is 3. The van der Waals surface area contributed by atoms with Crippen LogP contribution in [-0.2, 0) is 0 Å². The van der Waals surface area contributed by atoms with E-state index in [1.807, 2.05) is 0 Å². The van der Waals surface area contributed by atoms with Gasteiger partial charge in [-0.15, -0.1) is 16.0 Å². The van der Waals surface area contributed by atoms with Crippen LogP contribution in [0.5, 0.6) is 0 Å². The van der Waals surface area contributed by atoms with Gasteiger partial charge in [-0.05, 0) is 0 Å². The molecule has 0 aromatic heterocycles. The molecule has 0 aliphatic carbocycles. The summed E-state index contributed by atoms with van der Waals surface area (Å²) in [5.41, 5.74) is 0. The third-order valence-electron chi connectivity index (χ3n) is 0. The Kier molecular flexibility index (Phi) is 274. The summed E-state index contributed by atoms with van der Waals surface area (Å²) in [7, 11) is 0. The predicted octanol–water partition coefficient (Wildman–Crippen LogP) is -8.24. The molecule has 0 aliphatic rings. The summed E-state index contributed by atoms with van der Waals surface area (Å²) >= 11 is 0. The van der Waals surface area contributed by atoms with Crippen LogP contribution in [-0.4, -0.2) is 0 Å². The van der Waals surface area contributed by atoms with Crippen molar-refractivity contribution < 1.29 is 88.7 Å². The van der Waals surface area contributed by atoms with E-state index >= 15 is 0 Å². The van der Waals surface area contributed by atoms with Gasteiger partial charge in [-0.1, -0.05) is 0 Å². The van der Waals surface area contributed by atoms with E-state index < -0.39 is 0 Å². The smallest absolute Gasteiger partial charge is 0.444 e. The van der Waals surface area contributed by atoms with Crippen LogP contribution in [0.2, 0.25) is 0 Å². The van der Waals surface area contributed by atoms with E-state index in [0.29, 0.717) is 0 Å². The van der Waals surface area contributed by atoms with Gasteiger partial charge in [0.05, 0.1) is 0 Å². The van der Waals surface area contributed by atoms with Crippen LogP contribution in [0, 0.1) is 30.3 Å². The Morgan fingerprint density at radius 1 is 0.583 bits per heavy atom. The first-order valence-electron chi connectivity index (χ1n) is 1.10. The number of rotatable bonds is 0. The van der Waals surface area contributed by atoms with Gasteiger partial charge in [0, 0.05) is 0 Å². The van der Waals surface area contributed by atoms with Crippen LogP contribution in [0.25, 0.3) is 0 Å². The van der Waals surface area contributed by atoms with E-state index in [1.54, 1.807) is 0 Å². The summed E-state index contributed by atoms with van der Waals surface area (Å²) in [6.07, 6.45) is 0. The third-order valence-corrected chi connectivity index (χ3v) is 0. The van der Waals surface area contributed by atoms with E-state index in [1.165, 1.54) is 0 Å². The van der Waals surface area contributed by atoms with Crippen molar-refractivity contribution in [3.8, 4) is 0 Å². The Labute approximate surface area is 133 Å². The minimum absolute atomic E-state index is 0. The molecule has 12 heavy (non-hydrogen) atoms. The Balaban J connectivity index is -0.00000001000. The molecular weight excluding hydrogens is 207 g/mol. The maximum absolute atomic E-state index is 8.00. The van der Waals surface area contributed by atoms with Gasteiger partial charge in [-0.3, -0.25) is 0 Å². The van der Waals surface area contributed by atoms with Crippen molar-refractivity contribution >= 4 is 0 Å². The molecule has 0 atom stereocenters. The quantitative estimate of drug-likeness (QED) is 0.218. The van der Waals surface area contributed by atoms with Crippen LogP contribution < -0.4 is 88.7 Å². The normalized spacial score (nSPS) is 3.00. The summed E-state index contributed by atoms with van der Waals surface area (Å²) in [6.45, 7) is 0. The first kappa shape index (κ1) is 37.9. The summed E-state index contributed by atoms with van der Waals surface area (Å²) in [5, 5.41) is 27.0. The zero-order valence-electron chi connectivity index (χ0n) is 6.79. The van der Waals surface area contributed by atoms with Crippen LogP contribution in [0.15, 0.2) is 16.0 Å². The second-order valence-corrected chi connectivity index (χ2v) is 0.224. The maximum Gasteiger partial charge on any atom is 1.00 e. The molecule has 12 heteroatoms. The van der Waals surface area contributed by atoms with Gasteiger partial charge in [0.1, 0.15) is 0 Å². The van der Waals surface area contributed by atoms with Gasteiger partial charge in [-0.25, -0.2) is 0 Å². The summed E-state index contributed by atoms with van der Waals surface area (Å²) < 4.78 is 0. The van der Waals surface area contributed by atoms with Crippen LogP contribution >= 0.6 is 0 Å². The molecule has 0 aliphatic heterocycles. The van der Waals surface area contributed by atoms with Crippen molar-refractivity contribution in [1.29, 1.82) is 0 Å². The van der Waals surface area contributed by atoms with Gasteiger partial charge in [0.15, 0.2) is 0 Å². The minimum atomic E-state index is 0. The van der Waals surface area contributed by atoms with E-state index in [2.05, 4.69) is 0 Å². The molecule has 0 amide bonds. The van der Waals surface area contributed by atoms with Crippen molar-refractivity contribution in [2.45, 2.75) is 0 Å². The van der Waals surface area contributed by atoms with Crippen molar-refractivity contribution in [1.82, 2.24) is 0 Å². The van der Waals surface area contributed by atoms with Crippen LogP contribution in [0.4, 0.5) is 0 Å². The second-order valence-electron chi connectivity index (χ2n) is 0.224. The predicted molar refractivity (Wildman–Crippen MR) is 27.5 cm³/mol. The molecule has 0 fully saturated rings. The molecular formula is N3Na3O6. The standard InChI is InChI=1S/3HNO2.3Na/c3*2-1-3;;;/h3*(H,2,3);;;/q;;;3*+1/p-3. The summed E-state index contributed by atoms with van der Waals surface area (Å²) in [6, 6.07) is 0. The van der Waals surface area contributed by atoms with Crippen molar-refractivity contribution in [3.63, 3.8) is 0 Å². The van der Waals surface area contributed by atoms with Gasteiger partial charge < -0.3 is 30.3 Å². The number of hydrogen-bond donors (Lipinski definition) is 0. The van der Waals surface area contributed by atoms with Crippen molar-refractivity contribution in [2.75, 3.05) is 0 Å². The van der Waals surface area contributed by atoms with E-state index in [9.17, 15) is 0 Å². The molecule has 0 rings (SSSR count). The van der Waals surface area contributed by atoms with E-state index in [0.717, 1.165) is 16.0 Å². The topological polar surface area (TPSA) is 157 Å². The Bertz CT molecular complexity index is 54.8. The molecule has 0 heterocycles. The molecule has 54 valence electrons. The van der Waals surface area contributed by atoms with E-state index in [4.69, 9.17) is 30.3 Å². The molecule has 0 unspecified atom stereocenters. The maximum atomic E-state index is 8.00. The van der Waals surface area contributed by atoms with Crippen molar-refractivity contribution in [3.05, 3.63) is 30.3 Å². The fourth-order valence-corrected chi connectivity index (χ4v) is 0. The van der Waals surface area contributed by atoms with Crippen molar-refractivity contribution in [2.24, 2.45) is 16.0 Å². The van der Waals surface area contributed by atoms with Gasteiger partial charge in [-0.2, -0.15) is 0 Å². The minimum Gasteiger partial charge on any atom is -0.444 e. The summed E-state index contributed by atoms with van der Waals surface area (Å²) in [5.74, 6) is 0. The second kappa shape index (κ2) is 86.8. The molecule has 0 aromatic carbocycles. The van der Waals surface area contributed by atoms with Crippen LogP contribution in [0.3, 0.4) is 0 Å². The summed E-state index contributed by atoms with van der Waals surface area (Å²) in [4.78, 5) is 24.0. The number of hydrogen-bond acceptors (Lipinski definition) is 9. The Morgan fingerprint density at radius 2 is 0.583 bits per heavy atom. The first-order valence-corrected chi connectivity index (χ1v) is 1.10. The van der Waals surface area contributed by atoms with Crippen LogP contribution in [0.1, 0.15) is 0 Å². The Morgan fingerprint density at radius 3 is 0.583 bits per heavy atom. The van der Waals surface area contributed by atoms with Gasteiger partial charge in [0.25, 0.3) is 0 Å². The molecule has 0 saturated carbocycles. The molecule has 0 radical (unpaired) electrons. The Hall–Kier alpha value is 1.20. The van der Waals surface area contributed by atoms with Gasteiger partial charge >= 0.3 is 88.7 Å². The molecule has 0 spiro atoms. The van der Waals surface area contributed by atoms with E-state index in [-0.39, 0.29) is 88.7 Å². The monoisotopic (exact) mass is 207 g/mol. The first-order chi connectivity index (χ1) is 4.24. The molecule has 0 bridgehead atoms. The fraction of sp³-hybridized carbons (Fsp3) is 0. The molecule has 0 N–H and O–H groups in total. The third kappa shape index (κ3) is 809. The molecule has 9 nitrogen and oxygen atoms in total. The molecule has 0 aromatic rings. The molecule has 0 saturated heterocycles. The zero-order chi connectivity index (χ0) is 8.12.